The second kappa shape index (κ2) is 10.8. The summed E-state index contributed by atoms with van der Waals surface area (Å²) in [5.74, 6) is 0.897. The van der Waals surface area contributed by atoms with Gasteiger partial charge in [0.1, 0.15) is 0 Å². The number of nitrogens with one attached hydrogen (secondary N) is 3. The Morgan fingerprint density at radius 1 is 1.15 bits per heavy atom. The molecule has 5 nitrogen and oxygen atoms in total. The molecule has 3 N–H and O–H groups in total. The Labute approximate surface area is 174 Å². The monoisotopic (exact) mass is 469 g/mol. The SMILES string of the molecule is CN=C(NCCc1c[nH]c2cccc(C)c12)NCCN1CCCCC1.I. The molecule has 0 unspecified atom stereocenters. The van der Waals surface area contributed by atoms with Crippen LogP contribution in [0, 0.1) is 6.92 Å². The number of H-pyrrole nitrogens is 1. The third-order valence-electron chi connectivity index (χ3n) is 5.08. The minimum absolute atomic E-state index is 0. The van der Waals surface area contributed by atoms with Crippen LogP contribution in [0.3, 0.4) is 0 Å². The van der Waals surface area contributed by atoms with Crippen LogP contribution in [-0.4, -0.2) is 55.6 Å². The van der Waals surface area contributed by atoms with E-state index in [9.17, 15) is 0 Å². The molecule has 0 saturated carbocycles. The maximum atomic E-state index is 4.34. The van der Waals surface area contributed by atoms with Crippen molar-refractivity contribution in [3.05, 3.63) is 35.5 Å². The van der Waals surface area contributed by atoms with Crippen LogP contribution in [0.25, 0.3) is 10.9 Å². The number of aromatic amines is 1. The number of fused-ring (bicyclic) bond motifs is 1. The van der Waals surface area contributed by atoms with Crippen LogP contribution in [0.15, 0.2) is 29.4 Å². The van der Waals surface area contributed by atoms with Gasteiger partial charge in [-0.25, -0.2) is 0 Å². The molecule has 2 heterocycles. The number of benzene rings is 1. The van der Waals surface area contributed by atoms with Crippen LogP contribution < -0.4 is 10.6 Å². The fraction of sp³-hybridized carbons (Fsp3) is 0.550. The summed E-state index contributed by atoms with van der Waals surface area (Å²) in [5, 5.41) is 8.23. The Balaban J connectivity index is 0.00000243. The molecular formula is C20H32IN5. The minimum atomic E-state index is 0. The number of halogens is 1. The second-order valence-corrected chi connectivity index (χ2v) is 6.89. The van der Waals surface area contributed by atoms with E-state index in [1.54, 1.807) is 0 Å². The van der Waals surface area contributed by atoms with E-state index in [1.165, 1.54) is 54.4 Å². The molecule has 1 aromatic heterocycles. The number of rotatable bonds is 6. The van der Waals surface area contributed by atoms with Crippen LogP contribution in [0.2, 0.25) is 0 Å². The van der Waals surface area contributed by atoms with Crippen molar-refractivity contribution in [3.8, 4) is 0 Å². The normalized spacial score (nSPS) is 15.7. The third-order valence-corrected chi connectivity index (χ3v) is 5.08. The van der Waals surface area contributed by atoms with Gasteiger partial charge >= 0.3 is 0 Å². The van der Waals surface area contributed by atoms with E-state index >= 15 is 0 Å². The van der Waals surface area contributed by atoms with Gasteiger partial charge in [-0.15, -0.1) is 24.0 Å². The minimum Gasteiger partial charge on any atom is -0.361 e. The smallest absolute Gasteiger partial charge is 0.191 e. The van der Waals surface area contributed by atoms with Crippen LogP contribution in [0.1, 0.15) is 30.4 Å². The van der Waals surface area contributed by atoms with Crippen molar-refractivity contribution in [2.45, 2.75) is 32.6 Å². The number of aryl methyl sites for hydroxylation is 1. The van der Waals surface area contributed by atoms with E-state index in [0.29, 0.717) is 0 Å². The van der Waals surface area contributed by atoms with Crippen LogP contribution in [0.4, 0.5) is 0 Å². The first-order valence-corrected chi connectivity index (χ1v) is 9.50. The molecule has 26 heavy (non-hydrogen) atoms. The number of hydrogen-bond donors (Lipinski definition) is 3. The van der Waals surface area contributed by atoms with Crippen molar-refractivity contribution in [2.24, 2.45) is 4.99 Å². The standard InChI is InChI=1S/C20H31N5.HI/c1-16-7-6-8-18-19(16)17(15-24-18)9-10-22-20(21-2)23-11-14-25-12-4-3-5-13-25;/h6-8,15,24H,3-5,9-14H2,1-2H3,(H2,21,22,23);1H. The number of aliphatic imine (C=N–C) groups is 1. The van der Waals surface area contributed by atoms with Gasteiger partial charge in [-0.05, 0) is 56.5 Å². The molecule has 0 atom stereocenters. The Morgan fingerprint density at radius 2 is 1.92 bits per heavy atom. The number of hydrogen-bond acceptors (Lipinski definition) is 2. The molecule has 1 aliphatic rings. The maximum Gasteiger partial charge on any atom is 0.191 e. The molecule has 0 radical (unpaired) electrons. The van der Waals surface area contributed by atoms with Crippen LogP contribution in [-0.2, 0) is 6.42 Å². The summed E-state index contributed by atoms with van der Waals surface area (Å²) in [6.07, 6.45) is 7.19. The largest absolute Gasteiger partial charge is 0.361 e. The predicted octanol–water partition coefficient (Wildman–Crippen LogP) is 3.29. The molecule has 144 valence electrons. The molecule has 1 saturated heterocycles. The number of aromatic nitrogens is 1. The van der Waals surface area contributed by atoms with Gasteiger partial charge in [0, 0.05) is 43.8 Å². The molecule has 1 aromatic carbocycles. The van der Waals surface area contributed by atoms with Crippen molar-refractivity contribution in [1.29, 1.82) is 0 Å². The van der Waals surface area contributed by atoms with Gasteiger partial charge in [0.15, 0.2) is 5.96 Å². The topological polar surface area (TPSA) is 55.5 Å². The quantitative estimate of drug-likeness (QED) is 0.346. The zero-order valence-corrected chi connectivity index (χ0v) is 18.3. The first-order valence-electron chi connectivity index (χ1n) is 9.50. The molecule has 1 aliphatic heterocycles. The average molecular weight is 469 g/mol. The molecular weight excluding hydrogens is 437 g/mol. The van der Waals surface area contributed by atoms with Crippen molar-refractivity contribution < 1.29 is 0 Å². The molecule has 0 amide bonds. The lowest BCUT2D eigenvalue weighted by molar-refractivity contribution is 0.232. The van der Waals surface area contributed by atoms with Gasteiger partial charge in [0.2, 0.25) is 0 Å². The van der Waals surface area contributed by atoms with E-state index in [2.05, 4.69) is 56.8 Å². The summed E-state index contributed by atoms with van der Waals surface area (Å²) in [4.78, 5) is 10.3. The number of piperidine rings is 1. The van der Waals surface area contributed by atoms with Crippen molar-refractivity contribution in [1.82, 2.24) is 20.5 Å². The highest BCUT2D eigenvalue weighted by Gasteiger charge is 2.10. The van der Waals surface area contributed by atoms with E-state index in [-0.39, 0.29) is 24.0 Å². The Morgan fingerprint density at radius 3 is 2.69 bits per heavy atom. The van der Waals surface area contributed by atoms with Crippen molar-refractivity contribution >= 4 is 40.8 Å². The van der Waals surface area contributed by atoms with Gasteiger partial charge in [0.05, 0.1) is 0 Å². The van der Waals surface area contributed by atoms with E-state index in [1.807, 2.05) is 7.05 Å². The summed E-state index contributed by atoms with van der Waals surface area (Å²) < 4.78 is 0. The number of guanidine groups is 1. The molecule has 0 spiro atoms. The molecule has 3 rings (SSSR count). The predicted molar refractivity (Wildman–Crippen MR) is 122 cm³/mol. The maximum absolute atomic E-state index is 4.34. The van der Waals surface area contributed by atoms with Crippen LogP contribution >= 0.6 is 24.0 Å². The first kappa shape index (κ1) is 21.0. The fourth-order valence-corrected chi connectivity index (χ4v) is 3.70. The summed E-state index contributed by atoms with van der Waals surface area (Å²) in [5.41, 5.74) is 3.92. The molecule has 2 aromatic rings. The van der Waals surface area contributed by atoms with E-state index in [4.69, 9.17) is 0 Å². The van der Waals surface area contributed by atoms with Gasteiger partial charge < -0.3 is 20.5 Å². The summed E-state index contributed by atoms with van der Waals surface area (Å²) >= 11 is 0. The zero-order valence-electron chi connectivity index (χ0n) is 16.0. The summed E-state index contributed by atoms with van der Waals surface area (Å²) in [6, 6.07) is 6.42. The summed E-state index contributed by atoms with van der Waals surface area (Å²) in [7, 11) is 1.84. The average Bonchev–Trinajstić information content (AvgIpc) is 3.06. The second-order valence-electron chi connectivity index (χ2n) is 6.89. The number of likely N-dealkylation sites (tertiary alicyclic amines) is 1. The molecule has 1 fully saturated rings. The van der Waals surface area contributed by atoms with Gasteiger partial charge in [-0.3, -0.25) is 4.99 Å². The van der Waals surface area contributed by atoms with E-state index in [0.717, 1.165) is 32.0 Å². The number of nitrogens with zero attached hydrogens (tertiary/aromatic N) is 2. The highest BCUT2D eigenvalue weighted by molar-refractivity contribution is 14.0. The van der Waals surface area contributed by atoms with Gasteiger partial charge in [-0.1, -0.05) is 18.6 Å². The highest BCUT2D eigenvalue weighted by atomic mass is 127. The first-order chi connectivity index (χ1) is 12.3. The molecule has 6 heteroatoms. The highest BCUT2D eigenvalue weighted by Crippen LogP contribution is 2.22. The lowest BCUT2D eigenvalue weighted by Crippen LogP contribution is -2.43. The fourth-order valence-electron chi connectivity index (χ4n) is 3.70. The Kier molecular flexibility index (Phi) is 8.71. The van der Waals surface area contributed by atoms with E-state index < -0.39 is 0 Å². The lowest BCUT2D eigenvalue weighted by atomic mass is 10.1. The van der Waals surface area contributed by atoms with Gasteiger partial charge in [0.25, 0.3) is 0 Å². The van der Waals surface area contributed by atoms with Crippen molar-refractivity contribution in [3.63, 3.8) is 0 Å². The van der Waals surface area contributed by atoms with Crippen LogP contribution in [0.5, 0.6) is 0 Å². The lowest BCUT2D eigenvalue weighted by Gasteiger charge is -2.26. The van der Waals surface area contributed by atoms with Gasteiger partial charge in [-0.2, -0.15) is 0 Å². The van der Waals surface area contributed by atoms with Crippen molar-refractivity contribution in [2.75, 3.05) is 39.8 Å². The Hall–Kier alpha value is -1.28. The zero-order chi connectivity index (χ0) is 17.5. The molecule has 0 aliphatic carbocycles. The Bertz CT molecular complexity index is 703. The summed E-state index contributed by atoms with van der Waals surface area (Å²) in [6.45, 7) is 7.59. The molecule has 0 bridgehead atoms. The third kappa shape index (κ3) is 5.61.